The van der Waals surface area contributed by atoms with Gasteiger partial charge in [-0.25, -0.2) is 14.8 Å². The number of rotatable bonds is 7. The van der Waals surface area contributed by atoms with Crippen LogP contribution in [-0.2, 0) is 27.4 Å². The molecule has 5 N–H and O–H groups in total. The maximum Gasteiger partial charge on any atom is 0.492 e. The highest BCUT2D eigenvalue weighted by Gasteiger charge is 2.55. The highest BCUT2D eigenvalue weighted by molar-refractivity contribution is 6.62. The quantitative estimate of drug-likeness (QED) is 0.195. The van der Waals surface area contributed by atoms with Crippen LogP contribution in [0.1, 0.15) is 41.0 Å². The molecule has 0 unspecified atom stereocenters. The van der Waals surface area contributed by atoms with Crippen LogP contribution in [0.15, 0.2) is 24.4 Å². The Morgan fingerprint density at radius 2 is 2.06 bits per heavy atom. The molecule has 0 amide bonds. The van der Waals surface area contributed by atoms with Crippen LogP contribution < -0.4 is 16.5 Å². The molecule has 1 aromatic carbocycles. The van der Waals surface area contributed by atoms with E-state index in [4.69, 9.17) is 15.1 Å². The van der Waals surface area contributed by atoms with Gasteiger partial charge in [-0.05, 0) is 43.4 Å². The van der Waals surface area contributed by atoms with Gasteiger partial charge in [-0.1, -0.05) is 12.1 Å². The van der Waals surface area contributed by atoms with E-state index in [1.165, 1.54) is 26.1 Å². The number of anilines is 1. The summed E-state index contributed by atoms with van der Waals surface area (Å²) >= 11 is 0. The Morgan fingerprint density at radius 3 is 2.71 bits per heavy atom. The molecule has 0 spiro atoms. The van der Waals surface area contributed by atoms with Gasteiger partial charge in [-0.3, -0.25) is 4.79 Å². The summed E-state index contributed by atoms with van der Waals surface area (Å²) in [5.41, 5.74) is 3.97. The average Bonchev–Trinajstić information content (AvgIpc) is 3.12. The number of aliphatic hydroxyl groups is 1. The number of carbonyl (C=O) groups excluding carboxylic acids is 2. The smallest absolute Gasteiger partial charge is 0.457 e. The molecule has 0 saturated carbocycles. The van der Waals surface area contributed by atoms with E-state index in [0.717, 1.165) is 5.56 Å². The third kappa shape index (κ3) is 4.04. The zero-order valence-corrected chi connectivity index (χ0v) is 17.8. The van der Waals surface area contributed by atoms with E-state index in [9.17, 15) is 19.7 Å². The van der Waals surface area contributed by atoms with E-state index >= 15 is 0 Å². The fraction of sp³-hybridized carbons (Fsp3) is 0.400. The molecule has 164 valence electrons. The number of aromatic nitrogens is 2. The summed E-state index contributed by atoms with van der Waals surface area (Å²) in [5.74, 6) is -1.60. The topological polar surface area (TPSA) is 157 Å². The number of ether oxygens (including phenoxy) is 1. The minimum Gasteiger partial charge on any atom is -0.457 e. The summed E-state index contributed by atoms with van der Waals surface area (Å²) in [7, 11) is 0.465. The Bertz CT molecular complexity index is 1030. The Balaban J connectivity index is 1.92. The first-order chi connectivity index (χ1) is 14.5. The van der Waals surface area contributed by atoms with Crippen molar-refractivity contribution in [1.82, 2.24) is 9.97 Å². The van der Waals surface area contributed by atoms with Gasteiger partial charge in [0.15, 0.2) is 5.78 Å². The van der Waals surface area contributed by atoms with E-state index in [1.807, 2.05) is 0 Å². The number of Topliss-reactive ketones (excluding diaryl/α,β-unsaturated/α-hetero) is 1. The van der Waals surface area contributed by atoms with Crippen LogP contribution in [-0.4, -0.2) is 57.2 Å². The normalized spacial score (nSPS) is 15.3. The molecule has 0 radical (unpaired) electrons. The van der Waals surface area contributed by atoms with Crippen molar-refractivity contribution in [2.75, 3.05) is 12.4 Å². The molecule has 3 rings (SSSR count). The molecule has 0 bridgehead atoms. The standard InChI is InChI=1S/C20H25BN4O6/c1-11-14(6-5-12-9-31-21(29)15(11)12)16(26)20(22,19(2,3)28)17(27)30-10-13-7-8-24-18(23-4)25-13/h5-8,28-29H,9-10,22H2,1-4H3,(H,23,24,25)/t20-/m0/s1. The molecule has 2 aromatic rings. The number of fused-ring (bicyclic) bond motifs is 1. The van der Waals surface area contributed by atoms with E-state index in [1.54, 1.807) is 26.1 Å². The lowest BCUT2D eigenvalue weighted by Crippen LogP contribution is -2.68. The minimum absolute atomic E-state index is 0.0874. The van der Waals surface area contributed by atoms with E-state index < -0.39 is 30.0 Å². The van der Waals surface area contributed by atoms with E-state index in [2.05, 4.69) is 15.3 Å². The fourth-order valence-electron chi connectivity index (χ4n) is 3.44. The lowest BCUT2D eigenvalue weighted by molar-refractivity contribution is -0.157. The van der Waals surface area contributed by atoms with Crippen LogP contribution >= 0.6 is 0 Å². The van der Waals surface area contributed by atoms with Gasteiger partial charge in [0.05, 0.1) is 17.9 Å². The number of carbonyl (C=O) groups is 2. The van der Waals surface area contributed by atoms with Gasteiger partial charge in [-0.15, -0.1) is 0 Å². The minimum atomic E-state index is -2.41. The fourth-order valence-corrected chi connectivity index (χ4v) is 3.44. The van der Waals surface area contributed by atoms with Gasteiger partial charge >= 0.3 is 13.1 Å². The third-order valence-corrected chi connectivity index (χ3v) is 5.43. The highest BCUT2D eigenvalue weighted by Crippen LogP contribution is 2.28. The van der Waals surface area contributed by atoms with Crippen LogP contribution in [0, 0.1) is 6.92 Å². The lowest BCUT2D eigenvalue weighted by Gasteiger charge is -2.36. The van der Waals surface area contributed by atoms with Crippen molar-refractivity contribution in [3.05, 3.63) is 46.8 Å². The number of ketones is 1. The Labute approximate surface area is 179 Å². The molecule has 0 fully saturated rings. The highest BCUT2D eigenvalue weighted by atomic mass is 16.5. The molecule has 0 saturated heterocycles. The van der Waals surface area contributed by atoms with Gasteiger partial charge in [0.25, 0.3) is 0 Å². The summed E-state index contributed by atoms with van der Waals surface area (Å²) in [5, 5.41) is 23.5. The Morgan fingerprint density at radius 1 is 1.35 bits per heavy atom. The first-order valence-electron chi connectivity index (χ1n) is 9.65. The predicted molar refractivity (Wildman–Crippen MR) is 112 cm³/mol. The van der Waals surface area contributed by atoms with Crippen molar-refractivity contribution in [1.29, 1.82) is 0 Å². The second-order valence-electron chi connectivity index (χ2n) is 7.87. The SMILES string of the molecule is CNc1nccc(COC(=O)[C@@](N)(C(=O)c2ccc3c(c2C)B(O)OC3)C(C)(C)O)n1. The molecule has 10 nitrogen and oxygen atoms in total. The van der Waals surface area contributed by atoms with Gasteiger partial charge < -0.3 is 30.6 Å². The van der Waals surface area contributed by atoms with Gasteiger partial charge in [0, 0.05) is 18.8 Å². The first-order valence-corrected chi connectivity index (χ1v) is 9.65. The molecular weight excluding hydrogens is 403 g/mol. The molecule has 11 heteroatoms. The summed E-state index contributed by atoms with van der Waals surface area (Å²) in [4.78, 5) is 34.6. The molecular formula is C20H25BN4O6. The summed E-state index contributed by atoms with van der Waals surface area (Å²) in [6.45, 7) is 4.09. The van der Waals surface area contributed by atoms with Gasteiger partial charge in [-0.2, -0.15) is 0 Å². The maximum absolute atomic E-state index is 13.4. The second kappa shape index (κ2) is 8.35. The number of hydrogen-bond donors (Lipinski definition) is 4. The Hall–Kier alpha value is -2.86. The summed E-state index contributed by atoms with van der Waals surface area (Å²) < 4.78 is 10.5. The van der Waals surface area contributed by atoms with Crippen molar-refractivity contribution in [3.8, 4) is 0 Å². The van der Waals surface area contributed by atoms with Crippen LogP contribution in [0.5, 0.6) is 0 Å². The summed E-state index contributed by atoms with van der Waals surface area (Å²) in [6, 6.07) is 4.68. The van der Waals surface area contributed by atoms with Crippen molar-refractivity contribution in [2.45, 2.75) is 45.1 Å². The third-order valence-electron chi connectivity index (χ3n) is 5.43. The summed E-state index contributed by atoms with van der Waals surface area (Å²) in [6.07, 6.45) is 1.49. The molecule has 1 atom stereocenters. The van der Waals surface area contributed by atoms with Crippen LogP contribution in [0.25, 0.3) is 0 Å². The van der Waals surface area contributed by atoms with E-state index in [0.29, 0.717) is 22.7 Å². The van der Waals surface area contributed by atoms with Crippen molar-refractivity contribution >= 4 is 30.3 Å². The average molecular weight is 428 g/mol. The Kier molecular flexibility index (Phi) is 6.15. The van der Waals surface area contributed by atoms with E-state index in [-0.39, 0.29) is 18.8 Å². The zero-order valence-electron chi connectivity index (χ0n) is 17.8. The number of hydrogen-bond acceptors (Lipinski definition) is 10. The maximum atomic E-state index is 13.4. The molecule has 1 aliphatic rings. The van der Waals surface area contributed by atoms with Crippen LogP contribution in [0.4, 0.5) is 5.95 Å². The first kappa shape index (κ1) is 22.8. The second-order valence-corrected chi connectivity index (χ2v) is 7.87. The van der Waals surface area contributed by atoms with Crippen molar-refractivity contribution in [3.63, 3.8) is 0 Å². The molecule has 2 heterocycles. The van der Waals surface area contributed by atoms with Crippen LogP contribution in [0.2, 0.25) is 0 Å². The largest absolute Gasteiger partial charge is 0.492 e. The van der Waals surface area contributed by atoms with Gasteiger partial charge in [0.1, 0.15) is 6.61 Å². The molecule has 1 aromatic heterocycles. The number of nitrogens with one attached hydrogen (secondary N) is 1. The van der Waals surface area contributed by atoms with Crippen molar-refractivity contribution in [2.24, 2.45) is 5.73 Å². The van der Waals surface area contributed by atoms with Crippen LogP contribution in [0.3, 0.4) is 0 Å². The number of esters is 1. The monoisotopic (exact) mass is 428 g/mol. The molecule has 1 aliphatic heterocycles. The van der Waals surface area contributed by atoms with Crippen molar-refractivity contribution < 1.29 is 29.1 Å². The molecule has 0 aliphatic carbocycles. The van der Waals surface area contributed by atoms with Gasteiger partial charge in [0.2, 0.25) is 11.5 Å². The number of nitrogens with two attached hydrogens (primary N) is 1. The predicted octanol–water partition coefficient (Wildman–Crippen LogP) is -0.561. The lowest BCUT2D eigenvalue weighted by atomic mass is 9.71. The number of benzene rings is 1. The molecule has 31 heavy (non-hydrogen) atoms. The number of nitrogens with zero attached hydrogens (tertiary/aromatic N) is 2. The zero-order chi connectivity index (χ0) is 23.0.